The van der Waals surface area contributed by atoms with Gasteiger partial charge in [-0.2, -0.15) is 0 Å². The maximum atomic E-state index is 11.7. The fourth-order valence-corrected chi connectivity index (χ4v) is 2.10. The molecule has 0 spiro atoms. The van der Waals surface area contributed by atoms with E-state index in [-0.39, 0.29) is 18.2 Å². The summed E-state index contributed by atoms with van der Waals surface area (Å²) in [6.45, 7) is 3.02. The Kier molecular flexibility index (Phi) is 5.29. The van der Waals surface area contributed by atoms with Crippen LogP contribution in [0.15, 0.2) is 18.5 Å². The van der Waals surface area contributed by atoms with Crippen molar-refractivity contribution in [3.05, 3.63) is 24.0 Å². The van der Waals surface area contributed by atoms with Gasteiger partial charge in [0.1, 0.15) is 6.04 Å². The second-order valence-corrected chi connectivity index (χ2v) is 5.02. The van der Waals surface area contributed by atoms with Gasteiger partial charge in [-0.3, -0.25) is 19.9 Å². The van der Waals surface area contributed by atoms with Crippen molar-refractivity contribution in [2.75, 3.05) is 18.4 Å². The van der Waals surface area contributed by atoms with Gasteiger partial charge in [0.25, 0.3) is 5.91 Å². The number of urea groups is 1. The zero-order valence-corrected chi connectivity index (χ0v) is 12.3. The first-order valence-electron chi connectivity index (χ1n) is 7.09. The van der Waals surface area contributed by atoms with Crippen molar-refractivity contribution in [2.24, 2.45) is 0 Å². The van der Waals surface area contributed by atoms with E-state index in [2.05, 4.69) is 26.3 Å². The third kappa shape index (κ3) is 4.44. The van der Waals surface area contributed by atoms with Crippen LogP contribution in [0.2, 0.25) is 0 Å². The molecule has 1 aromatic rings. The lowest BCUT2D eigenvalue weighted by Crippen LogP contribution is -2.33. The zero-order chi connectivity index (χ0) is 15.9. The summed E-state index contributed by atoms with van der Waals surface area (Å²) >= 11 is 0. The number of hydrogen-bond acceptors (Lipinski definition) is 5. The number of carbonyl (C=O) groups excluding carboxylic acids is 3. The van der Waals surface area contributed by atoms with Crippen molar-refractivity contribution in [1.29, 1.82) is 0 Å². The van der Waals surface area contributed by atoms with E-state index < -0.39 is 12.1 Å². The fourth-order valence-electron chi connectivity index (χ4n) is 2.10. The summed E-state index contributed by atoms with van der Waals surface area (Å²) in [6.07, 6.45) is 3.95. The molecule has 2 rings (SSSR count). The van der Waals surface area contributed by atoms with Crippen molar-refractivity contribution < 1.29 is 14.4 Å². The third-order valence-electron chi connectivity index (χ3n) is 3.30. The Morgan fingerprint density at radius 3 is 2.86 bits per heavy atom. The number of anilines is 1. The van der Waals surface area contributed by atoms with E-state index in [9.17, 15) is 14.4 Å². The molecule has 1 atom stereocenters. The van der Waals surface area contributed by atoms with E-state index >= 15 is 0 Å². The maximum Gasteiger partial charge on any atom is 0.322 e. The fraction of sp³-hybridized carbons (Fsp3) is 0.429. The number of aryl methyl sites for hydroxylation is 1. The number of carbonyl (C=O) groups is 3. The molecule has 2 heterocycles. The van der Waals surface area contributed by atoms with E-state index in [0.29, 0.717) is 19.5 Å². The highest BCUT2D eigenvalue weighted by atomic mass is 16.2. The molecule has 1 saturated heterocycles. The number of aromatic nitrogens is 1. The molecular weight excluding hydrogens is 286 g/mol. The van der Waals surface area contributed by atoms with Gasteiger partial charge in [0.05, 0.1) is 0 Å². The first-order chi connectivity index (χ1) is 10.6. The van der Waals surface area contributed by atoms with Gasteiger partial charge in [0, 0.05) is 37.6 Å². The average molecular weight is 305 g/mol. The van der Waals surface area contributed by atoms with Crippen LogP contribution in [0.25, 0.3) is 0 Å². The Balaban J connectivity index is 1.61. The largest absolute Gasteiger partial charge is 0.383 e. The topological polar surface area (TPSA) is 112 Å². The van der Waals surface area contributed by atoms with E-state index in [1.807, 2.05) is 13.0 Å². The molecule has 8 nitrogen and oxygen atoms in total. The molecule has 4 N–H and O–H groups in total. The number of amides is 4. The lowest BCUT2D eigenvalue weighted by Gasteiger charge is -2.10. The quantitative estimate of drug-likeness (QED) is 0.415. The van der Waals surface area contributed by atoms with Gasteiger partial charge in [-0.25, -0.2) is 4.79 Å². The lowest BCUT2D eigenvalue weighted by molar-refractivity contribution is -0.122. The molecule has 0 unspecified atom stereocenters. The Bertz CT molecular complexity index is 575. The number of nitrogens with zero attached hydrogens (tertiary/aromatic N) is 1. The predicted octanol–water partition coefficient (Wildman–Crippen LogP) is -0.0937. The second kappa shape index (κ2) is 7.39. The molecule has 1 fully saturated rings. The van der Waals surface area contributed by atoms with Gasteiger partial charge < -0.3 is 16.0 Å². The van der Waals surface area contributed by atoms with Crippen LogP contribution in [0.5, 0.6) is 0 Å². The van der Waals surface area contributed by atoms with E-state index in [1.54, 1.807) is 12.4 Å². The van der Waals surface area contributed by atoms with Crippen LogP contribution < -0.4 is 21.3 Å². The highest BCUT2D eigenvalue weighted by Crippen LogP contribution is 2.10. The van der Waals surface area contributed by atoms with Gasteiger partial charge in [-0.15, -0.1) is 0 Å². The van der Waals surface area contributed by atoms with E-state index in [0.717, 1.165) is 11.3 Å². The van der Waals surface area contributed by atoms with Gasteiger partial charge >= 0.3 is 6.03 Å². The first kappa shape index (κ1) is 15.7. The Hall–Kier alpha value is -2.64. The minimum atomic E-state index is -0.615. The van der Waals surface area contributed by atoms with Crippen molar-refractivity contribution in [3.63, 3.8) is 0 Å². The number of rotatable bonds is 7. The SMILES string of the molecule is Cc1cnccc1NCCNC(=O)CC[C@@H]1NC(=O)NC1=O. The van der Waals surface area contributed by atoms with Crippen molar-refractivity contribution >= 4 is 23.5 Å². The smallest absolute Gasteiger partial charge is 0.322 e. The molecule has 0 saturated carbocycles. The molecule has 1 aromatic heterocycles. The van der Waals surface area contributed by atoms with Crippen LogP contribution in [0.1, 0.15) is 18.4 Å². The summed E-state index contributed by atoms with van der Waals surface area (Å²) < 4.78 is 0. The number of nitrogens with one attached hydrogen (secondary N) is 4. The van der Waals surface area contributed by atoms with Crippen molar-refractivity contribution in [1.82, 2.24) is 20.9 Å². The summed E-state index contributed by atoms with van der Waals surface area (Å²) in [5.41, 5.74) is 2.02. The van der Waals surface area contributed by atoms with Gasteiger partial charge in [-0.05, 0) is 25.0 Å². The lowest BCUT2D eigenvalue weighted by atomic mass is 10.1. The predicted molar refractivity (Wildman–Crippen MR) is 80.2 cm³/mol. The molecule has 4 amide bonds. The van der Waals surface area contributed by atoms with Gasteiger partial charge in [0.2, 0.25) is 5.91 Å². The standard InChI is InChI=1S/C14H19N5O3/c1-9-8-15-5-4-10(9)16-6-7-17-12(20)3-2-11-13(21)19-14(22)18-11/h4-5,8,11H,2-3,6-7H2,1H3,(H,15,16)(H,17,20)(H2,18,19,21,22)/t11-/m0/s1. The minimum absolute atomic E-state index is 0.151. The van der Waals surface area contributed by atoms with Crippen LogP contribution in [0.4, 0.5) is 10.5 Å². The second-order valence-electron chi connectivity index (χ2n) is 5.02. The van der Waals surface area contributed by atoms with Crippen LogP contribution in [-0.4, -0.2) is 42.0 Å². The molecule has 0 radical (unpaired) electrons. The Morgan fingerprint density at radius 2 is 2.18 bits per heavy atom. The Labute approximate surface area is 128 Å². The molecule has 8 heteroatoms. The summed E-state index contributed by atoms with van der Waals surface area (Å²) in [4.78, 5) is 37.9. The number of pyridine rings is 1. The molecule has 0 bridgehead atoms. The summed E-state index contributed by atoms with van der Waals surface area (Å²) in [7, 11) is 0. The monoisotopic (exact) mass is 305 g/mol. The Morgan fingerprint density at radius 1 is 1.36 bits per heavy atom. The normalized spacial score (nSPS) is 16.9. The summed E-state index contributed by atoms with van der Waals surface area (Å²) in [5, 5.41) is 10.6. The number of hydrogen-bond donors (Lipinski definition) is 4. The van der Waals surface area contributed by atoms with Gasteiger partial charge in [-0.1, -0.05) is 0 Å². The third-order valence-corrected chi connectivity index (χ3v) is 3.30. The molecule has 1 aliphatic rings. The maximum absolute atomic E-state index is 11.7. The molecule has 1 aliphatic heterocycles. The molecule has 0 aliphatic carbocycles. The highest BCUT2D eigenvalue weighted by Gasteiger charge is 2.29. The summed E-state index contributed by atoms with van der Waals surface area (Å²) in [6, 6.07) is 0.751. The zero-order valence-electron chi connectivity index (χ0n) is 12.3. The van der Waals surface area contributed by atoms with Crippen LogP contribution in [-0.2, 0) is 9.59 Å². The highest BCUT2D eigenvalue weighted by molar-refractivity contribution is 6.04. The van der Waals surface area contributed by atoms with Crippen LogP contribution in [0, 0.1) is 6.92 Å². The van der Waals surface area contributed by atoms with Crippen LogP contribution in [0.3, 0.4) is 0 Å². The molecule has 118 valence electrons. The molecular formula is C14H19N5O3. The van der Waals surface area contributed by atoms with E-state index in [1.165, 1.54) is 0 Å². The van der Waals surface area contributed by atoms with Crippen molar-refractivity contribution in [3.8, 4) is 0 Å². The van der Waals surface area contributed by atoms with E-state index in [4.69, 9.17) is 0 Å². The van der Waals surface area contributed by atoms with Crippen LogP contribution >= 0.6 is 0 Å². The van der Waals surface area contributed by atoms with Crippen molar-refractivity contribution in [2.45, 2.75) is 25.8 Å². The summed E-state index contributed by atoms with van der Waals surface area (Å²) in [5.74, 6) is -0.533. The first-order valence-corrected chi connectivity index (χ1v) is 7.09. The number of imide groups is 1. The molecule has 0 aromatic carbocycles. The molecule has 22 heavy (non-hydrogen) atoms. The van der Waals surface area contributed by atoms with Gasteiger partial charge in [0.15, 0.2) is 0 Å². The average Bonchev–Trinajstić information content (AvgIpc) is 2.81. The minimum Gasteiger partial charge on any atom is -0.383 e.